The van der Waals surface area contributed by atoms with Gasteiger partial charge in [-0.25, -0.2) is 0 Å². The summed E-state index contributed by atoms with van der Waals surface area (Å²) in [5.74, 6) is 0.364. The van der Waals surface area contributed by atoms with Gasteiger partial charge in [0.15, 0.2) is 5.78 Å². The topological polar surface area (TPSA) is 76.1 Å². The molecular weight excluding hydrogens is 364 g/mol. The first-order valence-corrected chi connectivity index (χ1v) is 8.52. The van der Waals surface area contributed by atoms with Crippen molar-refractivity contribution in [1.29, 1.82) is 5.26 Å². The second-order valence-corrected chi connectivity index (χ2v) is 8.84. The highest BCUT2D eigenvalue weighted by Crippen LogP contribution is 2.49. The lowest BCUT2D eigenvalue weighted by Gasteiger charge is -2.36. The fourth-order valence-electron chi connectivity index (χ4n) is 3.05. The number of hydrogen-bond donors (Lipinski definition) is 1. The van der Waals surface area contributed by atoms with E-state index < -0.39 is 5.92 Å². The standard InChI is InChI=1S/C16H15BrN2O2S/c1-16(2)5-9(20)14-10(6-16)21-15(19)8(7-18)13(14)11-3-4-12(17)22-11/h3-4,13H,5-6,19H2,1-2H3/t13-/m1/s1. The number of halogens is 1. The summed E-state index contributed by atoms with van der Waals surface area (Å²) in [7, 11) is 0. The third-order valence-corrected chi connectivity index (χ3v) is 5.64. The highest BCUT2D eigenvalue weighted by atomic mass is 79.9. The molecule has 1 aromatic heterocycles. The number of ketones is 1. The summed E-state index contributed by atoms with van der Waals surface area (Å²) in [6.07, 6.45) is 1.10. The molecule has 0 unspecified atom stereocenters. The van der Waals surface area contributed by atoms with Crippen molar-refractivity contribution in [3.05, 3.63) is 43.6 Å². The molecule has 0 saturated carbocycles. The van der Waals surface area contributed by atoms with Crippen LogP contribution in [-0.2, 0) is 9.53 Å². The van der Waals surface area contributed by atoms with E-state index >= 15 is 0 Å². The van der Waals surface area contributed by atoms with Crippen LogP contribution in [0.4, 0.5) is 0 Å². The first-order chi connectivity index (χ1) is 10.3. The van der Waals surface area contributed by atoms with Crippen LogP contribution < -0.4 is 5.73 Å². The fourth-order valence-corrected chi connectivity index (χ4v) is 4.60. The Balaban J connectivity index is 2.17. The Hall–Kier alpha value is -1.58. The number of thiophene rings is 1. The zero-order valence-electron chi connectivity index (χ0n) is 12.3. The van der Waals surface area contributed by atoms with Gasteiger partial charge >= 0.3 is 0 Å². The van der Waals surface area contributed by atoms with E-state index in [1.165, 1.54) is 11.3 Å². The van der Waals surface area contributed by atoms with Gasteiger partial charge in [0.1, 0.15) is 17.4 Å². The minimum Gasteiger partial charge on any atom is -0.444 e. The number of Topliss-reactive ketones (excluding diaryl/α,β-unsaturated/α-hetero) is 1. The van der Waals surface area contributed by atoms with Gasteiger partial charge in [-0.3, -0.25) is 4.79 Å². The third kappa shape index (κ3) is 2.49. The molecule has 2 heterocycles. The molecule has 0 aromatic carbocycles. The van der Waals surface area contributed by atoms with E-state index in [1.54, 1.807) is 0 Å². The Morgan fingerprint density at radius 2 is 2.18 bits per heavy atom. The average Bonchev–Trinajstić information content (AvgIpc) is 2.82. The lowest BCUT2D eigenvalue weighted by Crippen LogP contribution is -2.33. The molecule has 0 saturated heterocycles. The van der Waals surface area contributed by atoms with Gasteiger partial charge in [0.05, 0.1) is 9.70 Å². The summed E-state index contributed by atoms with van der Waals surface area (Å²) in [4.78, 5) is 13.6. The molecule has 0 bridgehead atoms. The maximum Gasteiger partial charge on any atom is 0.205 e. The molecule has 1 aliphatic heterocycles. The average molecular weight is 379 g/mol. The highest BCUT2D eigenvalue weighted by molar-refractivity contribution is 9.11. The Bertz CT molecular complexity index is 767. The molecule has 0 spiro atoms. The minimum atomic E-state index is -0.409. The monoisotopic (exact) mass is 378 g/mol. The van der Waals surface area contributed by atoms with Crippen LogP contribution in [0.25, 0.3) is 0 Å². The number of nitriles is 1. The van der Waals surface area contributed by atoms with Gasteiger partial charge in [-0.15, -0.1) is 11.3 Å². The van der Waals surface area contributed by atoms with Crippen LogP contribution in [0.3, 0.4) is 0 Å². The molecule has 1 aromatic rings. The summed E-state index contributed by atoms with van der Waals surface area (Å²) in [5.41, 5.74) is 6.71. The molecule has 114 valence electrons. The van der Waals surface area contributed by atoms with Crippen LogP contribution in [0.2, 0.25) is 0 Å². The summed E-state index contributed by atoms with van der Waals surface area (Å²) >= 11 is 4.94. The van der Waals surface area contributed by atoms with Crippen LogP contribution in [0.5, 0.6) is 0 Å². The predicted molar refractivity (Wildman–Crippen MR) is 87.7 cm³/mol. The number of carbonyl (C=O) groups excluding carboxylic acids is 1. The molecule has 4 nitrogen and oxygen atoms in total. The zero-order valence-corrected chi connectivity index (χ0v) is 14.7. The van der Waals surface area contributed by atoms with Crippen molar-refractivity contribution in [3.8, 4) is 6.07 Å². The summed E-state index contributed by atoms with van der Waals surface area (Å²) < 4.78 is 6.60. The first kappa shape index (κ1) is 15.3. The van der Waals surface area contributed by atoms with E-state index in [4.69, 9.17) is 10.5 Å². The van der Waals surface area contributed by atoms with Crippen LogP contribution in [0.15, 0.2) is 38.7 Å². The van der Waals surface area contributed by atoms with E-state index in [1.807, 2.05) is 26.0 Å². The third-order valence-electron chi connectivity index (χ3n) is 3.95. The van der Waals surface area contributed by atoms with Crippen molar-refractivity contribution in [2.24, 2.45) is 11.1 Å². The van der Waals surface area contributed by atoms with Gasteiger partial charge < -0.3 is 10.5 Å². The normalized spacial score (nSPS) is 23.9. The molecule has 0 amide bonds. The second-order valence-electron chi connectivity index (χ2n) is 6.34. The quantitative estimate of drug-likeness (QED) is 0.801. The minimum absolute atomic E-state index is 0.0426. The number of nitrogens with zero attached hydrogens (tertiary/aromatic N) is 1. The van der Waals surface area contributed by atoms with Gasteiger partial charge in [-0.1, -0.05) is 13.8 Å². The van der Waals surface area contributed by atoms with Crippen LogP contribution in [0, 0.1) is 16.7 Å². The lowest BCUT2D eigenvalue weighted by molar-refractivity contribution is -0.119. The van der Waals surface area contributed by atoms with Gasteiger partial charge in [0.2, 0.25) is 5.88 Å². The molecular formula is C16H15BrN2O2S. The van der Waals surface area contributed by atoms with Crippen LogP contribution in [-0.4, -0.2) is 5.78 Å². The van der Waals surface area contributed by atoms with Crippen molar-refractivity contribution in [2.45, 2.75) is 32.6 Å². The molecule has 1 aliphatic carbocycles. The Morgan fingerprint density at radius 3 is 2.77 bits per heavy atom. The van der Waals surface area contributed by atoms with E-state index in [-0.39, 0.29) is 17.1 Å². The van der Waals surface area contributed by atoms with E-state index in [0.29, 0.717) is 29.7 Å². The van der Waals surface area contributed by atoms with Crippen molar-refractivity contribution in [3.63, 3.8) is 0 Å². The Morgan fingerprint density at radius 1 is 1.45 bits per heavy atom. The molecule has 2 N–H and O–H groups in total. The van der Waals surface area contributed by atoms with E-state index in [2.05, 4.69) is 22.0 Å². The molecule has 0 radical (unpaired) electrons. The second kappa shape index (κ2) is 5.25. The smallest absolute Gasteiger partial charge is 0.205 e. The number of nitrogens with two attached hydrogens (primary N) is 1. The summed E-state index contributed by atoms with van der Waals surface area (Å²) in [6.45, 7) is 4.07. The van der Waals surface area contributed by atoms with Crippen molar-refractivity contribution >= 4 is 33.0 Å². The number of allylic oxidation sites excluding steroid dienone is 3. The van der Waals surface area contributed by atoms with Gasteiger partial charge in [-0.2, -0.15) is 5.26 Å². The SMILES string of the molecule is CC1(C)CC(=O)C2=C(C1)OC(N)=C(C#N)[C@@H]2c1ccc(Br)s1. The first-order valence-electron chi connectivity index (χ1n) is 6.91. The van der Waals surface area contributed by atoms with E-state index in [9.17, 15) is 10.1 Å². The number of rotatable bonds is 1. The summed E-state index contributed by atoms with van der Waals surface area (Å²) in [5, 5.41) is 9.47. The fraction of sp³-hybridized carbons (Fsp3) is 0.375. The number of carbonyl (C=O) groups is 1. The molecule has 0 fully saturated rings. The maximum absolute atomic E-state index is 12.7. The predicted octanol–water partition coefficient (Wildman–Crippen LogP) is 3.96. The van der Waals surface area contributed by atoms with Crippen LogP contribution in [0.1, 0.15) is 37.5 Å². The molecule has 6 heteroatoms. The number of ether oxygens (including phenoxy) is 1. The molecule has 3 rings (SSSR count). The molecule has 1 atom stereocenters. The zero-order chi connectivity index (χ0) is 16.1. The Kier molecular flexibility index (Phi) is 3.66. The number of hydrogen-bond acceptors (Lipinski definition) is 5. The molecule has 22 heavy (non-hydrogen) atoms. The largest absolute Gasteiger partial charge is 0.444 e. The van der Waals surface area contributed by atoms with Crippen LogP contribution >= 0.6 is 27.3 Å². The summed E-state index contributed by atoms with van der Waals surface area (Å²) in [6, 6.07) is 5.96. The van der Waals surface area contributed by atoms with Gasteiger partial charge in [0.25, 0.3) is 0 Å². The lowest BCUT2D eigenvalue weighted by atomic mass is 9.71. The Labute approximate surface area is 141 Å². The molecule has 2 aliphatic rings. The van der Waals surface area contributed by atoms with Crippen molar-refractivity contribution in [1.82, 2.24) is 0 Å². The van der Waals surface area contributed by atoms with Gasteiger partial charge in [0, 0.05) is 23.3 Å². The highest BCUT2D eigenvalue weighted by Gasteiger charge is 2.43. The van der Waals surface area contributed by atoms with Crippen molar-refractivity contribution < 1.29 is 9.53 Å². The van der Waals surface area contributed by atoms with E-state index in [0.717, 1.165) is 8.66 Å². The van der Waals surface area contributed by atoms with Gasteiger partial charge in [-0.05, 0) is 33.5 Å². The maximum atomic E-state index is 12.7. The van der Waals surface area contributed by atoms with Crippen molar-refractivity contribution in [2.75, 3.05) is 0 Å².